The minimum absolute atomic E-state index is 0.129. The van der Waals surface area contributed by atoms with Crippen LogP contribution >= 0.6 is 0 Å². The molecule has 0 aliphatic rings. The van der Waals surface area contributed by atoms with Gasteiger partial charge in [-0.25, -0.2) is 0 Å². The topological polar surface area (TPSA) is 123 Å². The van der Waals surface area contributed by atoms with E-state index in [4.69, 9.17) is 14.0 Å². The molecule has 10 nitrogen and oxygen atoms in total. The summed E-state index contributed by atoms with van der Waals surface area (Å²) in [6, 6.07) is 13.3. The summed E-state index contributed by atoms with van der Waals surface area (Å²) in [4.78, 5) is 42.6. The van der Waals surface area contributed by atoms with Gasteiger partial charge < -0.3 is 24.6 Å². The number of carbonyl (C=O) groups is 3. The maximum atomic E-state index is 14.2. The third-order valence-electron chi connectivity index (χ3n) is 7.66. The second-order valence-corrected chi connectivity index (χ2v) is 11.2. The molecule has 10 heteroatoms. The van der Waals surface area contributed by atoms with Crippen molar-refractivity contribution >= 4 is 29.2 Å². The number of aryl methyl sites for hydroxylation is 1. The lowest BCUT2D eigenvalue weighted by molar-refractivity contribution is -0.128. The van der Waals surface area contributed by atoms with E-state index >= 15 is 0 Å². The Balaban J connectivity index is 2.10. The number of rotatable bonds is 14. The van der Waals surface area contributed by atoms with E-state index < -0.39 is 23.4 Å². The first-order valence-corrected chi connectivity index (χ1v) is 14.6. The molecule has 0 spiro atoms. The minimum Gasteiger partial charge on any atom is -0.493 e. The third kappa shape index (κ3) is 8.37. The molecule has 0 fully saturated rings. The zero-order valence-electron chi connectivity index (χ0n) is 26.4. The van der Waals surface area contributed by atoms with Crippen LogP contribution in [0.1, 0.15) is 89.1 Å². The number of para-hydroxylation sites is 1. The number of carbonyl (C=O) groups excluding carboxylic acids is 3. The van der Waals surface area contributed by atoms with E-state index in [0.29, 0.717) is 40.8 Å². The van der Waals surface area contributed by atoms with Crippen molar-refractivity contribution in [2.45, 2.75) is 84.7 Å². The van der Waals surface area contributed by atoms with Crippen molar-refractivity contribution in [3.63, 3.8) is 0 Å². The molecule has 3 aromatic rings. The summed E-state index contributed by atoms with van der Waals surface area (Å²) in [5.74, 6) is 0.706. The quantitative estimate of drug-likeness (QED) is 0.225. The average molecular weight is 593 g/mol. The van der Waals surface area contributed by atoms with Crippen LogP contribution in [0.4, 0.5) is 11.5 Å². The smallest absolute Gasteiger partial charge is 0.248 e. The number of nitrogens with zero attached hydrogens (tertiary/aromatic N) is 2. The summed E-state index contributed by atoms with van der Waals surface area (Å²) in [5, 5.41) is 9.54. The molecule has 0 bridgehead atoms. The molecule has 2 atom stereocenters. The molecule has 0 unspecified atom stereocenters. The second-order valence-electron chi connectivity index (χ2n) is 11.2. The first-order chi connectivity index (χ1) is 20.4. The number of hydrogen-bond acceptors (Lipinski definition) is 7. The van der Waals surface area contributed by atoms with Crippen molar-refractivity contribution in [1.82, 2.24) is 10.5 Å². The van der Waals surface area contributed by atoms with Crippen molar-refractivity contribution in [2.24, 2.45) is 0 Å². The summed E-state index contributed by atoms with van der Waals surface area (Å²) in [5.41, 5.74) is 1.54. The maximum absolute atomic E-state index is 14.2. The van der Waals surface area contributed by atoms with Gasteiger partial charge in [0.25, 0.3) is 0 Å². The Kier molecular flexibility index (Phi) is 11.3. The van der Waals surface area contributed by atoms with Gasteiger partial charge in [0.2, 0.25) is 17.7 Å². The average Bonchev–Trinajstić information content (AvgIpc) is 3.41. The number of aromatic nitrogens is 1. The first kappa shape index (κ1) is 33.2. The van der Waals surface area contributed by atoms with Crippen LogP contribution < -0.4 is 25.0 Å². The van der Waals surface area contributed by atoms with Gasteiger partial charge in [-0.1, -0.05) is 50.2 Å². The monoisotopic (exact) mass is 592 g/mol. The number of benzene rings is 2. The fourth-order valence-corrected chi connectivity index (χ4v) is 4.62. The van der Waals surface area contributed by atoms with Gasteiger partial charge in [-0.3, -0.25) is 19.3 Å². The molecule has 2 N–H and O–H groups in total. The third-order valence-corrected chi connectivity index (χ3v) is 7.66. The number of ether oxygens (including phenoxy) is 2. The Hall–Kier alpha value is -4.34. The van der Waals surface area contributed by atoms with E-state index in [9.17, 15) is 14.4 Å². The van der Waals surface area contributed by atoms with Gasteiger partial charge in [0, 0.05) is 35.7 Å². The zero-order chi connectivity index (χ0) is 31.7. The van der Waals surface area contributed by atoms with Crippen molar-refractivity contribution in [3.8, 4) is 11.5 Å². The molecule has 232 valence electrons. The standard InChI is InChI=1S/C33H44N4O6/c1-9-21(3)23-14-16-24(17-15-23)37(29(39)19-18-28(38)34-27-20-22(4)43-36-27)30(32(40)35-33(5,6)10-2)25-12-11-13-26(41-7)31(25)42-8/h11-17,20-21,30H,9-10,18-19H2,1-8H3,(H,35,40)(H,34,36,38)/t21-,30-/m1/s1. The summed E-state index contributed by atoms with van der Waals surface area (Å²) in [6.45, 7) is 11.8. The van der Waals surface area contributed by atoms with Crippen LogP contribution in [0.2, 0.25) is 0 Å². The molecule has 0 aliphatic carbocycles. The molecule has 0 saturated heterocycles. The van der Waals surface area contributed by atoms with Crippen LogP contribution in [0.3, 0.4) is 0 Å². The molecule has 0 radical (unpaired) electrons. The summed E-state index contributed by atoms with van der Waals surface area (Å²) < 4.78 is 16.3. The van der Waals surface area contributed by atoms with Gasteiger partial charge in [-0.15, -0.1) is 0 Å². The van der Waals surface area contributed by atoms with E-state index in [2.05, 4.69) is 29.6 Å². The lowest BCUT2D eigenvalue weighted by Gasteiger charge is -2.35. The number of amides is 3. The van der Waals surface area contributed by atoms with Gasteiger partial charge in [0.15, 0.2) is 17.3 Å². The first-order valence-electron chi connectivity index (χ1n) is 14.6. The van der Waals surface area contributed by atoms with Crippen LogP contribution in [0, 0.1) is 6.92 Å². The highest BCUT2D eigenvalue weighted by Crippen LogP contribution is 2.40. The van der Waals surface area contributed by atoms with Crippen LogP contribution in [-0.2, 0) is 14.4 Å². The predicted octanol–water partition coefficient (Wildman–Crippen LogP) is 6.31. The molecule has 1 aromatic heterocycles. The van der Waals surface area contributed by atoms with Gasteiger partial charge in [-0.2, -0.15) is 0 Å². The second kappa shape index (κ2) is 14.7. The summed E-state index contributed by atoms with van der Waals surface area (Å²) >= 11 is 0. The van der Waals surface area contributed by atoms with E-state index in [1.807, 2.05) is 45.0 Å². The SMILES string of the molecule is CC[C@@H](C)c1ccc(N(C(=O)CCC(=O)Nc2cc(C)on2)[C@@H](C(=O)NC(C)(C)CC)c2cccc(OC)c2OC)cc1. The van der Waals surface area contributed by atoms with E-state index in [0.717, 1.165) is 12.0 Å². The molecular formula is C33H44N4O6. The molecule has 43 heavy (non-hydrogen) atoms. The van der Waals surface area contributed by atoms with E-state index in [-0.39, 0.29) is 24.6 Å². The van der Waals surface area contributed by atoms with Crippen molar-refractivity contribution in [2.75, 3.05) is 24.4 Å². The molecule has 3 rings (SSSR count). The summed E-state index contributed by atoms with van der Waals surface area (Å²) in [7, 11) is 3.01. The van der Waals surface area contributed by atoms with Crippen LogP contribution in [0.25, 0.3) is 0 Å². The molecule has 2 aromatic carbocycles. The number of methoxy groups -OCH3 is 2. The Labute approximate surface area is 254 Å². The van der Waals surface area contributed by atoms with Crippen molar-refractivity contribution in [1.29, 1.82) is 0 Å². The maximum Gasteiger partial charge on any atom is 0.248 e. The highest BCUT2D eigenvalue weighted by molar-refractivity contribution is 6.03. The number of nitrogens with one attached hydrogen (secondary N) is 2. The Morgan fingerprint density at radius 1 is 1.02 bits per heavy atom. The van der Waals surface area contributed by atoms with Crippen LogP contribution in [0.15, 0.2) is 53.1 Å². The van der Waals surface area contributed by atoms with Gasteiger partial charge in [0.1, 0.15) is 11.8 Å². The van der Waals surface area contributed by atoms with E-state index in [1.165, 1.54) is 19.1 Å². The molecule has 0 saturated carbocycles. The highest BCUT2D eigenvalue weighted by atomic mass is 16.5. The molecule has 1 heterocycles. The summed E-state index contributed by atoms with van der Waals surface area (Å²) in [6.07, 6.45) is 1.33. The Morgan fingerprint density at radius 3 is 2.28 bits per heavy atom. The Bertz CT molecular complexity index is 1400. The Morgan fingerprint density at radius 2 is 1.72 bits per heavy atom. The van der Waals surface area contributed by atoms with Gasteiger partial charge in [0.05, 0.1) is 14.2 Å². The van der Waals surface area contributed by atoms with Gasteiger partial charge in [-0.05, 0) is 63.3 Å². The van der Waals surface area contributed by atoms with E-state index in [1.54, 1.807) is 31.2 Å². The fourth-order valence-electron chi connectivity index (χ4n) is 4.62. The van der Waals surface area contributed by atoms with Crippen molar-refractivity contribution < 1.29 is 28.4 Å². The largest absolute Gasteiger partial charge is 0.493 e. The lowest BCUT2D eigenvalue weighted by Crippen LogP contribution is -2.50. The lowest BCUT2D eigenvalue weighted by atomic mass is 9.96. The minimum atomic E-state index is -1.13. The number of hydrogen-bond donors (Lipinski definition) is 2. The van der Waals surface area contributed by atoms with Crippen LogP contribution in [0.5, 0.6) is 11.5 Å². The van der Waals surface area contributed by atoms with Gasteiger partial charge >= 0.3 is 0 Å². The fraction of sp³-hybridized carbons (Fsp3) is 0.455. The van der Waals surface area contributed by atoms with Crippen LogP contribution in [-0.4, -0.2) is 42.6 Å². The predicted molar refractivity (Wildman–Crippen MR) is 167 cm³/mol. The number of anilines is 2. The molecular weight excluding hydrogens is 548 g/mol. The van der Waals surface area contributed by atoms with Crippen molar-refractivity contribution in [3.05, 3.63) is 65.4 Å². The normalized spacial score (nSPS) is 12.7. The zero-order valence-corrected chi connectivity index (χ0v) is 26.4. The molecule has 0 aliphatic heterocycles. The highest BCUT2D eigenvalue weighted by Gasteiger charge is 2.37. The molecule has 3 amide bonds.